The minimum atomic E-state index is -0.370. The lowest BCUT2D eigenvalue weighted by molar-refractivity contribution is -0.142. The van der Waals surface area contributed by atoms with Crippen molar-refractivity contribution >= 4 is 11.8 Å². The van der Waals surface area contributed by atoms with Gasteiger partial charge >= 0.3 is 0 Å². The van der Waals surface area contributed by atoms with Gasteiger partial charge in [0.05, 0.1) is 0 Å². The van der Waals surface area contributed by atoms with Gasteiger partial charge in [0, 0.05) is 30.3 Å². The lowest BCUT2D eigenvalue weighted by atomic mass is 10.0. The Bertz CT molecular complexity index is 334. The summed E-state index contributed by atoms with van der Waals surface area (Å²) < 4.78 is 0. The summed E-state index contributed by atoms with van der Waals surface area (Å²) in [5.41, 5.74) is 8.38. The van der Waals surface area contributed by atoms with Crippen LogP contribution in [-0.2, 0) is 9.59 Å². The standard InChI is InChI=1S/C10H16N4O2/c1-7(2)8(12-13-11)6-10(16)14-5-3-4-9(14)15/h7-8H,3-6H2,1-2H3/t8-/m1/s1. The first-order valence-corrected chi connectivity index (χ1v) is 5.43. The molecule has 0 saturated carbocycles. The second-order valence-electron chi connectivity index (χ2n) is 4.26. The third-order valence-electron chi connectivity index (χ3n) is 2.73. The third kappa shape index (κ3) is 2.97. The van der Waals surface area contributed by atoms with Gasteiger partial charge in [-0.2, -0.15) is 0 Å². The quantitative estimate of drug-likeness (QED) is 0.414. The van der Waals surface area contributed by atoms with Crippen molar-refractivity contribution in [3.8, 4) is 0 Å². The zero-order valence-electron chi connectivity index (χ0n) is 9.59. The van der Waals surface area contributed by atoms with Crippen molar-refractivity contribution in [1.82, 2.24) is 4.90 Å². The molecule has 16 heavy (non-hydrogen) atoms. The largest absolute Gasteiger partial charge is 0.283 e. The van der Waals surface area contributed by atoms with E-state index in [4.69, 9.17) is 5.53 Å². The van der Waals surface area contributed by atoms with Crippen molar-refractivity contribution in [2.75, 3.05) is 6.54 Å². The molecule has 88 valence electrons. The summed E-state index contributed by atoms with van der Waals surface area (Å²) in [6, 6.07) is -0.370. The Morgan fingerprint density at radius 3 is 2.75 bits per heavy atom. The van der Waals surface area contributed by atoms with Crippen LogP contribution in [0, 0.1) is 5.92 Å². The maximum atomic E-state index is 11.8. The molecule has 0 unspecified atom stereocenters. The molecule has 0 aliphatic carbocycles. The topological polar surface area (TPSA) is 86.1 Å². The van der Waals surface area contributed by atoms with Crippen molar-refractivity contribution < 1.29 is 9.59 Å². The van der Waals surface area contributed by atoms with Gasteiger partial charge in [-0.15, -0.1) is 0 Å². The smallest absolute Gasteiger partial charge is 0.229 e. The minimum Gasteiger partial charge on any atom is -0.283 e. The van der Waals surface area contributed by atoms with Crippen LogP contribution < -0.4 is 0 Å². The summed E-state index contributed by atoms with van der Waals surface area (Å²) in [7, 11) is 0. The first kappa shape index (κ1) is 12.5. The van der Waals surface area contributed by atoms with Crippen LogP contribution >= 0.6 is 0 Å². The number of carbonyl (C=O) groups is 2. The fourth-order valence-corrected chi connectivity index (χ4v) is 1.68. The molecule has 0 aromatic rings. The van der Waals surface area contributed by atoms with E-state index in [1.807, 2.05) is 13.8 Å². The van der Waals surface area contributed by atoms with E-state index in [1.165, 1.54) is 4.90 Å². The number of carbonyl (C=O) groups excluding carboxylic acids is 2. The van der Waals surface area contributed by atoms with E-state index in [1.54, 1.807) is 0 Å². The monoisotopic (exact) mass is 224 g/mol. The number of nitrogens with zero attached hydrogens (tertiary/aromatic N) is 4. The number of azide groups is 1. The highest BCUT2D eigenvalue weighted by atomic mass is 16.2. The molecule has 2 amide bonds. The number of hydrogen-bond donors (Lipinski definition) is 0. The van der Waals surface area contributed by atoms with Gasteiger partial charge in [0.2, 0.25) is 11.8 Å². The third-order valence-corrected chi connectivity index (χ3v) is 2.73. The van der Waals surface area contributed by atoms with Crippen LogP contribution in [0.15, 0.2) is 5.11 Å². The van der Waals surface area contributed by atoms with Crippen molar-refractivity contribution in [3.63, 3.8) is 0 Å². The van der Waals surface area contributed by atoms with Gasteiger partial charge in [0.15, 0.2) is 0 Å². The summed E-state index contributed by atoms with van der Waals surface area (Å²) in [5.74, 6) is -0.250. The molecule has 6 nitrogen and oxygen atoms in total. The fourth-order valence-electron chi connectivity index (χ4n) is 1.68. The molecular weight excluding hydrogens is 208 g/mol. The summed E-state index contributed by atoms with van der Waals surface area (Å²) in [6.45, 7) is 4.27. The predicted octanol–water partition coefficient (Wildman–Crippen LogP) is 1.86. The Morgan fingerprint density at radius 2 is 2.31 bits per heavy atom. The average Bonchev–Trinajstić information content (AvgIpc) is 2.63. The molecule has 1 rings (SSSR count). The molecule has 0 aromatic carbocycles. The number of likely N-dealkylation sites (tertiary alicyclic amines) is 1. The fraction of sp³-hybridized carbons (Fsp3) is 0.800. The van der Waals surface area contributed by atoms with Gasteiger partial charge in [0.25, 0.3) is 0 Å². The van der Waals surface area contributed by atoms with Crippen molar-refractivity contribution in [1.29, 1.82) is 0 Å². The molecule has 0 spiro atoms. The summed E-state index contributed by atoms with van der Waals surface area (Å²) in [6.07, 6.45) is 1.30. The van der Waals surface area contributed by atoms with Gasteiger partial charge in [-0.3, -0.25) is 14.5 Å². The lowest BCUT2D eigenvalue weighted by Crippen LogP contribution is -2.34. The van der Waals surface area contributed by atoms with E-state index < -0.39 is 0 Å². The van der Waals surface area contributed by atoms with Crippen LogP contribution in [-0.4, -0.2) is 29.3 Å². The molecule has 1 aliphatic heterocycles. The molecular formula is C10H16N4O2. The summed E-state index contributed by atoms with van der Waals surface area (Å²) in [5, 5.41) is 3.58. The van der Waals surface area contributed by atoms with Gasteiger partial charge in [0.1, 0.15) is 0 Å². The average molecular weight is 224 g/mol. The van der Waals surface area contributed by atoms with E-state index in [-0.39, 0.29) is 30.2 Å². The highest BCUT2D eigenvalue weighted by Crippen LogP contribution is 2.16. The van der Waals surface area contributed by atoms with Crippen molar-refractivity contribution in [2.45, 2.75) is 39.2 Å². The van der Waals surface area contributed by atoms with Crippen LogP contribution in [0.25, 0.3) is 10.4 Å². The zero-order valence-corrected chi connectivity index (χ0v) is 9.59. The Kier molecular flexibility index (Phi) is 4.31. The van der Waals surface area contributed by atoms with Crippen LogP contribution in [0.2, 0.25) is 0 Å². The first-order valence-electron chi connectivity index (χ1n) is 5.43. The normalized spacial score (nSPS) is 17.4. The van der Waals surface area contributed by atoms with E-state index >= 15 is 0 Å². The molecule has 0 aromatic heterocycles. The summed E-state index contributed by atoms with van der Waals surface area (Å²) in [4.78, 5) is 27.1. The number of hydrogen-bond acceptors (Lipinski definition) is 3. The number of imide groups is 1. The van der Waals surface area contributed by atoms with Crippen molar-refractivity contribution in [2.24, 2.45) is 11.0 Å². The SMILES string of the molecule is CC(C)[C@@H](CC(=O)N1CCCC1=O)N=[N+]=[N-]. The molecule has 1 saturated heterocycles. The Hall–Kier alpha value is -1.55. The van der Waals surface area contributed by atoms with Crippen LogP contribution in [0.5, 0.6) is 0 Å². The molecule has 1 atom stereocenters. The molecule has 6 heteroatoms. The highest BCUT2D eigenvalue weighted by Gasteiger charge is 2.28. The van der Waals surface area contributed by atoms with Gasteiger partial charge in [-0.05, 0) is 17.9 Å². The van der Waals surface area contributed by atoms with E-state index in [2.05, 4.69) is 10.0 Å². The van der Waals surface area contributed by atoms with Gasteiger partial charge in [-0.1, -0.05) is 19.0 Å². The van der Waals surface area contributed by atoms with Gasteiger partial charge in [-0.25, -0.2) is 0 Å². The van der Waals surface area contributed by atoms with Crippen LogP contribution in [0.3, 0.4) is 0 Å². The molecule has 1 fully saturated rings. The minimum absolute atomic E-state index is 0.0950. The Morgan fingerprint density at radius 1 is 1.62 bits per heavy atom. The maximum Gasteiger partial charge on any atom is 0.229 e. The van der Waals surface area contributed by atoms with E-state index in [9.17, 15) is 9.59 Å². The van der Waals surface area contributed by atoms with Crippen LogP contribution in [0.4, 0.5) is 0 Å². The Labute approximate surface area is 94.2 Å². The van der Waals surface area contributed by atoms with Gasteiger partial charge < -0.3 is 0 Å². The highest BCUT2D eigenvalue weighted by molar-refractivity contribution is 5.96. The predicted molar refractivity (Wildman–Crippen MR) is 58.3 cm³/mol. The second-order valence-corrected chi connectivity index (χ2v) is 4.26. The molecule has 1 aliphatic rings. The molecule has 0 bridgehead atoms. The Balaban J connectivity index is 2.61. The van der Waals surface area contributed by atoms with E-state index in [0.29, 0.717) is 13.0 Å². The molecule has 0 radical (unpaired) electrons. The number of amides is 2. The summed E-state index contributed by atoms with van der Waals surface area (Å²) >= 11 is 0. The maximum absolute atomic E-state index is 11.8. The second kappa shape index (κ2) is 5.51. The van der Waals surface area contributed by atoms with E-state index in [0.717, 1.165) is 6.42 Å². The van der Waals surface area contributed by atoms with Crippen molar-refractivity contribution in [3.05, 3.63) is 10.4 Å². The van der Waals surface area contributed by atoms with Crippen LogP contribution in [0.1, 0.15) is 33.1 Å². The first-order chi connectivity index (χ1) is 7.56. The zero-order chi connectivity index (χ0) is 12.1. The lowest BCUT2D eigenvalue weighted by Gasteiger charge is -2.18. The number of rotatable bonds is 4. The molecule has 0 N–H and O–H groups in total. The molecule has 1 heterocycles.